The molecule has 6 aromatic carbocycles. The molecule has 0 fully saturated rings. The second-order valence-electron chi connectivity index (χ2n) is 13.2. The Morgan fingerprint density at radius 1 is 0.447 bits per heavy atom. The highest BCUT2D eigenvalue weighted by Gasteiger charge is 2.38. The first-order valence-electron chi connectivity index (χ1n) is 16.2. The van der Waals surface area contributed by atoms with Crippen LogP contribution in [0, 0.1) is 0 Å². The van der Waals surface area contributed by atoms with E-state index in [2.05, 4.69) is 146 Å². The Bertz CT molecular complexity index is 2760. The van der Waals surface area contributed by atoms with Crippen molar-refractivity contribution in [1.82, 2.24) is 15.0 Å². The van der Waals surface area contributed by atoms with E-state index in [1.807, 2.05) is 12.3 Å². The van der Waals surface area contributed by atoms with Gasteiger partial charge in [0.25, 0.3) is 0 Å². The van der Waals surface area contributed by atoms with Gasteiger partial charge in [0.2, 0.25) is 0 Å². The Labute approximate surface area is 272 Å². The summed E-state index contributed by atoms with van der Waals surface area (Å²) in [5, 5.41) is 8.41. The van der Waals surface area contributed by atoms with E-state index in [1.54, 1.807) is 0 Å². The standard InChI is InChI=1S/C44H29N3/c1-44(2)38-24-30(26-13-15-27(16-14-26)39-22-20-29-18-17-28-8-7-23-45-40(28)41(29)46-39)19-21-34(38)37-25-36-33-11-4-3-9-31(33)32-10-5-6-12-35(32)42(36)47-43(37)44/h3-25H,1-2H3. The van der Waals surface area contributed by atoms with Crippen LogP contribution in [-0.2, 0) is 5.41 Å². The fourth-order valence-electron chi connectivity index (χ4n) is 7.80. The molecular formula is C44H29N3. The summed E-state index contributed by atoms with van der Waals surface area (Å²) in [7, 11) is 0. The predicted octanol–water partition coefficient (Wildman–Crippen LogP) is 11.3. The number of benzene rings is 6. The Hall–Kier alpha value is -5.93. The molecule has 9 aromatic rings. The molecule has 10 rings (SSSR count). The molecule has 0 spiro atoms. The average Bonchev–Trinajstić information content (AvgIpc) is 3.35. The summed E-state index contributed by atoms with van der Waals surface area (Å²) in [4.78, 5) is 15.2. The van der Waals surface area contributed by atoms with Crippen molar-refractivity contribution in [3.63, 3.8) is 0 Å². The van der Waals surface area contributed by atoms with Crippen LogP contribution < -0.4 is 0 Å². The summed E-state index contributed by atoms with van der Waals surface area (Å²) in [5.74, 6) is 0. The van der Waals surface area contributed by atoms with Gasteiger partial charge in [0.1, 0.15) is 0 Å². The molecule has 0 radical (unpaired) electrons. The smallest absolute Gasteiger partial charge is 0.0972 e. The van der Waals surface area contributed by atoms with Crippen LogP contribution in [0.2, 0.25) is 0 Å². The molecule has 1 aliphatic carbocycles. The number of hydrogen-bond donors (Lipinski definition) is 0. The number of fused-ring (bicyclic) bond motifs is 12. The predicted molar refractivity (Wildman–Crippen MR) is 196 cm³/mol. The Morgan fingerprint density at radius 3 is 1.87 bits per heavy atom. The maximum absolute atomic E-state index is 5.48. The summed E-state index contributed by atoms with van der Waals surface area (Å²) in [6.45, 7) is 4.63. The molecule has 3 nitrogen and oxygen atoms in total. The van der Waals surface area contributed by atoms with Gasteiger partial charge in [0.05, 0.1) is 27.9 Å². The van der Waals surface area contributed by atoms with Gasteiger partial charge in [0.15, 0.2) is 0 Å². The van der Waals surface area contributed by atoms with Gasteiger partial charge >= 0.3 is 0 Å². The van der Waals surface area contributed by atoms with E-state index in [4.69, 9.17) is 9.97 Å². The van der Waals surface area contributed by atoms with Crippen LogP contribution in [0.3, 0.4) is 0 Å². The molecule has 0 unspecified atom stereocenters. The zero-order chi connectivity index (χ0) is 31.3. The first kappa shape index (κ1) is 26.3. The first-order chi connectivity index (χ1) is 23.0. The first-order valence-corrected chi connectivity index (χ1v) is 16.2. The molecule has 0 N–H and O–H groups in total. The van der Waals surface area contributed by atoms with Crippen molar-refractivity contribution in [3.8, 4) is 33.5 Å². The normalized spacial score (nSPS) is 13.5. The largest absolute Gasteiger partial charge is 0.254 e. The lowest BCUT2D eigenvalue weighted by atomic mass is 9.83. The van der Waals surface area contributed by atoms with Crippen molar-refractivity contribution in [1.29, 1.82) is 0 Å². The van der Waals surface area contributed by atoms with Crippen LogP contribution in [0.5, 0.6) is 0 Å². The summed E-state index contributed by atoms with van der Waals surface area (Å²) in [5.41, 5.74) is 12.2. The molecule has 0 bridgehead atoms. The third-order valence-corrected chi connectivity index (χ3v) is 10.2. The fraction of sp³-hybridized carbons (Fsp3) is 0.0682. The Balaban J connectivity index is 1.07. The second-order valence-corrected chi connectivity index (χ2v) is 13.2. The van der Waals surface area contributed by atoms with Crippen molar-refractivity contribution in [2.24, 2.45) is 0 Å². The third-order valence-electron chi connectivity index (χ3n) is 10.2. The zero-order valence-corrected chi connectivity index (χ0v) is 26.1. The van der Waals surface area contributed by atoms with E-state index in [0.717, 1.165) is 44.3 Å². The molecule has 3 aromatic heterocycles. The van der Waals surface area contributed by atoms with E-state index in [0.29, 0.717) is 0 Å². The number of nitrogens with zero attached hydrogens (tertiary/aromatic N) is 3. The minimum absolute atomic E-state index is 0.229. The number of pyridine rings is 3. The summed E-state index contributed by atoms with van der Waals surface area (Å²) in [6.07, 6.45) is 1.84. The molecular weight excluding hydrogens is 571 g/mol. The van der Waals surface area contributed by atoms with Crippen molar-refractivity contribution in [2.45, 2.75) is 19.3 Å². The lowest BCUT2D eigenvalue weighted by Crippen LogP contribution is -2.17. The lowest BCUT2D eigenvalue weighted by molar-refractivity contribution is 0.640. The molecule has 1 aliphatic rings. The lowest BCUT2D eigenvalue weighted by Gasteiger charge is -2.21. The van der Waals surface area contributed by atoms with Gasteiger partial charge in [-0.25, -0.2) is 4.98 Å². The van der Waals surface area contributed by atoms with Crippen molar-refractivity contribution >= 4 is 54.3 Å². The summed E-state index contributed by atoms with van der Waals surface area (Å²) in [6, 6.07) is 48.1. The molecule has 0 amide bonds. The highest BCUT2D eigenvalue weighted by Crippen LogP contribution is 2.51. The SMILES string of the molecule is CC1(C)c2cc(-c3ccc(-c4ccc5ccc6cccnc6c5n4)cc3)ccc2-c2cc3c4ccccc4c4ccccc4c3nc21. The Kier molecular flexibility index (Phi) is 5.34. The van der Waals surface area contributed by atoms with Crippen LogP contribution in [0.4, 0.5) is 0 Å². The minimum Gasteiger partial charge on any atom is -0.254 e. The Morgan fingerprint density at radius 2 is 1.09 bits per heavy atom. The monoisotopic (exact) mass is 599 g/mol. The van der Waals surface area contributed by atoms with Crippen molar-refractivity contribution in [2.75, 3.05) is 0 Å². The molecule has 0 saturated carbocycles. The minimum atomic E-state index is -0.229. The summed E-state index contributed by atoms with van der Waals surface area (Å²) >= 11 is 0. The molecule has 47 heavy (non-hydrogen) atoms. The van der Waals surface area contributed by atoms with Gasteiger partial charge < -0.3 is 0 Å². The van der Waals surface area contributed by atoms with Gasteiger partial charge in [-0.2, -0.15) is 0 Å². The maximum Gasteiger partial charge on any atom is 0.0972 e. The van der Waals surface area contributed by atoms with Crippen molar-refractivity contribution in [3.05, 3.63) is 151 Å². The molecule has 0 saturated heterocycles. The average molecular weight is 600 g/mol. The van der Waals surface area contributed by atoms with Gasteiger partial charge in [-0.3, -0.25) is 9.97 Å². The van der Waals surface area contributed by atoms with Crippen LogP contribution in [0.1, 0.15) is 25.1 Å². The molecule has 3 heteroatoms. The fourth-order valence-corrected chi connectivity index (χ4v) is 7.80. The maximum atomic E-state index is 5.48. The van der Waals surface area contributed by atoms with E-state index >= 15 is 0 Å². The van der Waals surface area contributed by atoms with Gasteiger partial charge in [-0.1, -0.05) is 123 Å². The van der Waals surface area contributed by atoms with Crippen LogP contribution in [0.15, 0.2) is 140 Å². The van der Waals surface area contributed by atoms with E-state index in [-0.39, 0.29) is 5.41 Å². The molecule has 0 aliphatic heterocycles. The van der Waals surface area contributed by atoms with E-state index < -0.39 is 0 Å². The van der Waals surface area contributed by atoms with Crippen LogP contribution in [-0.4, -0.2) is 15.0 Å². The van der Waals surface area contributed by atoms with Gasteiger partial charge in [-0.15, -0.1) is 0 Å². The quantitative estimate of drug-likeness (QED) is 0.186. The number of rotatable bonds is 2. The zero-order valence-electron chi connectivity index (χ0n) is 26.1. The molecule has 0 atom stereocenters. The molecule has 3 heterocycles. The topological polar surface area (TPSA) is 38.7 Å². The van der Waals surface area contributed by atoms with Gasteiger partial charge in [-0.05, 0) is 62.7 Å². The van der Waals surface area contributed by atoms with Crippen LogP contribution in [0.25, 0.3) is 87.8 Å². The van der Waals surface area contributed by atoms with Gasteiger partial charge in [0, 0.05) is 44.3 Å². The van der Waals surface area contributed by atoms with Crippen LogP contribution >= 0.6 is 0 Å². The third kappa shape index (κ3) is 3.77. The summed E-state index contributed by atoms with van der Waals surface area (Å²) < 4.78 is 0. The van der Waals surface area contributed by atoms with E-state index in [1.165, 1.54) is 54.7 Å². The van der Waals surface area contributed by atoms with Crippen molar-refractivity contribution < 1.29 is 0 Å². The van der Waals surface area contributed by atoms with E-state index in [9.17, 15) is 0 Å². The number of hydrogen-bond acceptors (Lipinski definition) is 3. The molecule has 220 valence electrons. The number of aromatic nitrogens is 3. The highest BCUT2D eigenvalue weighted by molar-refractivity contribution is 6.24. The second kappa shape index (κ2) is 9.54. The highest BCUT2D eigenvalue weighted by atomic mass is 14.8.